The molecule has 0 aliphatic rings. The maximum Gasteiger partial charge on any atom is 0.160 e. The molecule has 1 N–H and O–H groups in total. The molecule has 19 heavy (non-hydrogen) atoms. The van der Waals surface area contributed by atoms with Gasteiger partial charge in [0, 0.05) is 5.41 Å². The Morgan fingerprint density at radius 1 is 1.05 bits per heavy atom. The number of aromatic nitrogens is 4. The van der Waals surface area contributed by atoms with Crippen LogP contribution in [0.2, 0.25) is 0 Å². The van der Waals surface area contributed by atoms with E-state index in [9.17, 15) is 0 Å². The monoisotopic (exact) mass is 260 g/mol. The number of nitrogens with one attached hydrogen (secondary N) is 1. The lowest BCUT2D eigenvalue weighted by atomic mass is 9.77. The number of nitrogens with zero attached hydrogens (tertiary/aromatic N) is 3. The summed E-state index contributed by atoms with van der Waals surface area (Å²) in [4.78, 5) is 16.3. The first kappa shape index (κ1) is 14.0. The number of hydrogen-bond donors (Lipinski definition) is 1. The van der Waals surface area contributed by atoms with Crippen molar-refractivity contribution < 1.29 is 0 Å². The Morgan fingerprint density at radius 2 is 1.89 bits per heavy atom. The average molecular weight is 260 g/mol. The third kappa shape index (κ3) is 2.94. The Labute approximate surface area is 115 Å². The molecule has 0 saturated heterocycles. The Hall–Kier alpha value is -1.45. The van der Waals surface area contributed by atoms with Crippen LogP contribution in [0.5, 0.6) is 0 Å². The summed E-state index contributed by atoms with van der Waals surface area (Å²) in [5.41, 5.74) is 3.01. The summed E-state index contributed by atoms with van der Waals surface area (Å²) in [5.74, 6) is 0. The Morgan fingerprint density at radius 3 is 2.63 bits per heavy atom. The van der Waals surface area contributed by atoms with Gasteiger partial charge >= 0.3 is 0 Å². The van der Waals surface area contributed by atoms with Gasteiger partial charge in [-0.25, -0.2) is 15.0 Å². The zero-order valence-corrected chi connectivity index (χ0v) is 12.2. The highest BCUT2D eigenvalue weighted by Gasteiger charge is 2.29. The molecule has 0 spiro atoms. The number of unbranched alkanes of at least 4 members (excludes halogenated alkanes) is 2. The first-order valence-electron chi connectivity index (χ1n) is 7.36. The van der Waals surface area contributed by atoms with Crippen LogP contribution in [0, 0.1) is 0 Å². The number of hydrogen-bond acceptors (Lipinski definition) is 3. The number of rotatable bonds is 7. The van der Waals surface area contributed by atoms with Gasteiger partial charge in [-0.15, -0.1) is 0 Å². The van der Waals surface area contributed by atoms with Crippen LogP contribution < -0.4 is 0 Å². The summed E-state index contributed by atoms with van der Waals surface area (Å²) in [7, 11) is 0. The van der Waals surface area contributed by atoms with Crippen molar-refractivity contribution in [3.63, 3.8) is 0 Å². The minimum absolute atomic E-state index is 0.111. The second kappa shape index (κ2) is 6.13. The lowest BCUT2D eigenvalue weighted by Crippen LogP contribution is -2.24. The summed E-state index contributed by atoms with van der Waals surface area (Å²) < 4.78 is 0. The Balaban J connectivity index is 2.34. The second-order valence-corrected chi connectivity index (χ2v) is 5.59. The van der Waals surface area contributed by atoms with Crippen molar-refractivity contribution in [3.8, 4) is 0 Å². The van der Waals surface area contributed by atoms with Crippen molar-refractivity contribution in [2.24, 2.45) is 0 Å². The highest BCUT2D eigenvalue weighted by molar-refractivity contribution is 5.73. The molecule has 0 aliphatic carbocycles. The minimum atomic E-state index is 0.111. The van der Waals surface area contributed by atoms with E-state index in [1.165, 1.54) is 32.1 Å². The van der Waals surface area contributed by atoms with E-state index < -0.39 is 0 Å². The van der Waals surface area contributed by atoms with E-state index in [1.54, 1.807) is 12.7 Å². The molecule has 2 rings (SSSR count). The lowest BCUT2D eigenvalue weighted by molar-refractivity contribution is 0.371. The summed E-state index contributed by atoms with van der Waals surface area (Å²) in [6.07, 6.45) is 10.6. The zero-order chi connectivity index (χ0) is 13.7. The summed E-state index contributed by atoms with van der Waals surface area (Å²) in [5, 5.41) is 0. The Bertz CT molecular complexity index is 520. The van der Waals surface area contributed by atoms with Crippen LogP contribution in [0.1, 0.15) is 65.0 Å². The molecule has 0 aromatic carbocycles. The molecular formula is C15H24N4. The molecule has 2 aromatic rings. The number of imidazole rings is 1. The SMILES string of the molecule is CCCCCC(C)(CCC)c1ncnc2[nH]cnc12. The van der Waals surface area contributed by atoms with E-state index >= 15 is 0 Å². The first-order valence-corrected chi connectivity index (χ1v) is 7.36. The molecule has 0 amide bonds. The van der Waals surface area contributed by atoms with Gasteiger partial charge in [0.1, 0.15) is 11.8 Å². The Kier molecular flexibility index (Phi) is 4.51. The van der Waals surface area contributed by atoms with Crippen LogP contribution in [0.4, 0.5) is 0 Å². The van der Waals surface area contributed by atoms with Crippen molar-refractivity contribution in [2.45, 2.75) is 64.7 Å². The summed E-state index contributed by atoms with van der Waals surface area (Å²) in [6.45, 7) is 6.80. The van der Waals surface area contributed by atoms with E-state index in [-0.39, 0.29) is 5.41 Å². The third-order valence-electron chi connectivity index (χ3n) is 3.92. The average Bonchev–Trinajstić information content (AvgIpc) is 2.87. The van der Waals surface area contributed by atoms with Crippen molar-refractivity contribution in [1.82, 2.24) is 19.9 Å². The molecule has 0 radical (unpaired) electrons. The molecule has 1 atom stereocenters. The van der Waals surface area contributed by atoms with E-state index in [0.717, 1.165) is 23.3 Å². The maximum atomic E-state index is 4.55. The molecule has 4 heteroatoms. The van der Waals surface area contributed by atoms with Crippen LogP contribution >= 0.6 is 0 Å². The molecule has 4 nitrogen and oxygen atoms in total. The fourth-order valence-corrected chi connectivity index (χ4v) is 2.89. The van der Waals surface area contributed by atoms with Crippen LogP contribution in [0.25, 0.3) is 11.2 Å². The molecule has 2 aromatic heterocycles. The molecule has 0 saturated carbocycles. The van der Waals surface area contributed by atoms with Gasteiger partial charge in [-0.05, 0) is 12.8 Å². The fourth-order valence-electron chi connectivity index (χ4n) is 2.89. The predicted molar refractivity (Wildman–Crippen MR) is 78.1 cm³/mol. The molecule has 0 fully saturated rings. The molecule has 0 bridgehead atoms. The fraction of sp³-hybridized carbons (Fsp3) is 0.667. The van der Waals surface area contributed by atoms with E-state index in [2.05, 4.69) is 40.7 Å². The quantitative estimate of drug-likeness (QED) is 0.766. The van der Waals surface area contributed by atoms with Gasteiger partial charge in [0.15, 0.2) is 5.65 Å². The van der Waals surface area contributed by atoms with E-state index in [1.807, 2.05) is 0 Å². The molecular weight excluding hydrogens is 236 g/mol. The normalized spacial score (nSPS) is 14.7. The topological polar surface area (TPSA) is 54.5 Å². The van der Waals surface area contributed by atoms with Crippen molar-refractivity contribution >= 4 is 11.2 Å². The van der Waals surface area contributed by atoms with Crippen molar-refractivity contribution in [2.75, 3.05) is 0 Å². The van der Waals surface area contributed by atoms with E-state index in [0.29, 0.717) is 0 Å². The molecule has 104 valence electrons. The number of aromatic amines is 1. The van der Waals surface area contributed by atoms with Crippen molar-refractivity contribution in [1.29, 1.82) is 0 Å². The highest BCUT2D eigenvalue weighted by atomic mass is 15.0. The standard InChI is InChI=1S/C15H24N4/c1-4-6-7-9-15(3,8-5-2)13-12-14(18-10-16-12)19-11-17-13/h10-11H,4-9H2,1-3H3,(H,16,17,18,19). The smallest absolute Gasteiger partial charge is 0.160 e. The molecule has 2 heterocycles. The maximum absolute atomic E-state index is 4.55. The van der Waals surface area contributed by atoms with Crippen LogP contribution in [-0.4, -0.2) is 19.9 Å². The van der Waals surface area contributed by atoms with Gasteiger partial charge in [0.05, 0.1) is 12.0 Å². The van der Waals surface area contributed by atoms with Gasteiger partial charge in [0.2, 0.25) is 0 Å². The highest BCUT2D eigenvalue weighted by Crippen LogP contribution is 2.35. The minimum Gasteiger partial charge on any atom is -0.329 e. The first-order chi connectivity index (χ1) is 9.21. The van der Waals surface area contributed by atoms with Gasteiger partial charge in [-0.3, -0.25) is 0 Å². The number of fused-ring (bicyclic) bond motifs is 1. The summed E-state index contributed by atoms with van der Waals surface area (Å²) in [6, 6.07) is 0. The van der Waals surface area contributed by atoms with Crippen LogP contribution in [0.3, 0.4) is 0 Å². The van der Waals surface area contributed by atoms with E-state index in [4.69, 9.17) is 0 Å². The van der Waals surface area contributed by atoms with Gasteiger partial charge in [0.25, 0.3) is 0 Å². The summed E-state index contributed by atoms with van der Waals surface area (Å²) >= 11 is 0. The van der Waals surface area contributed by atoms with Crippen LogP contribution in [-0.2, 0) is 5.41 Å². The van der Waals surface area contributed by atoms with Gasteiger partial charge in [-0.1, -0.05) is 46.5 Å². The number of H-pyrrole nitrogens is 1. The van der Waals surface area contributed by atoms with Gasteiger partial charge < -0.3 is 4.98 Å². The van der Waals surface area contributed by atoms with Crippen LogP contribution in [0.15, 0.2) is 12.7 Å². The predicted octanol–water partition coefficient (Wildman–Crippen LogP) is 3.99. The third-order valence-corrected chi connectivity index (χ3v) is 3.92. The molecule has 1 unspecified atom stereocenters. The second-order valence-electron chi connectivity index (χ2n) is 5.59. The zero-order valence-electron chi connectivity index (χ0n) is 12.2. The lowest BCUT2D eigenvalue weighted by Gasteiger charge is -2.28. The largest absolute Gasteiger partial charge is 0.329 e. The molecule has 0 aliphatic heterocycles. The van der Waals surface area contributed by atoms with Crippen molar-refractivity contribution in [3.05, 3.63) is 18.3 Å². The van der Waals surface area contributed by atoms with Gasteiger partial charge in [-0.2, -0.15) is 0 Å².